The van der Waals surface area contributed by atoms with E-state index in [2.05, 4.69) is 30.0 Å². The highest BCUT2D eigenvalue weighted by atomic mass is 19.1. The Morgan fingerprint density at radius 2 is 1.61 bits per heavy atom. The summed E-state index contributed by atoms with van der Waals surface area (Å²) in [5.41, 5.74) is 2.14. The van der Waals surface area contributed by atoms with Crippen LogP contribution in [0.25, 0.3) is 10.8 Å². The Kier molecular flexibility index (Phi) is 11.8. The fourth-order valence-electron chi connectivity index (χ4n) is 5.53. The predicted octanol–water partition coefficient (Wildman–Crippen LogP) is 8.13. The summed E-state index contributed by atoms with van der Waals surface area (Å²) in [5, 5.41) is 2.20. The summed E-state index contributed by atoms with van der Waals surface area (Å²) in [6.45, 7) is 7.52. The van der Waals surface area contributed by atoms with Crippen molar-refractivity contribution in [2.24, 2.45) is 0 Å². The van der Waals surface area contributed by atoms with E-state index in [1.807, 2.05) is 71.7 Å². The summed E-state index contributed by atoms with van der Waals surface area (Å²) < 4.78 is 17.8. The third-order valence-corrected chi connectivity index (χ3v) is 7.99. The SMILES string of the molecule is CCN1CCC(c2ccc(F)cc2)CC1.COC1=CCC=CC=C1.O=C(c1cccc2ccccc12)N1CCCC1. The Labute approximate surface area is 244 Å². The molecule has 0 bridgehead atoms. The van der Waals surface area contributed by atoms with Crippen LogP contribution in [0.15, 0.2) is 103 Å². The zero-order chi connectivity index (χ0) is 28.9. The number of ether oxygens (including phenoxy) is 1. The number of halogens is 1. The zero-order valence-electron chi connectivity index (χ0n) is 24.5. The van der Waals surface area contributed by atoms with Crippen LogP contribution in [0, 0.1) is 5.82 Å². The minimum absolute atomic E-state index is 0.134. The average molecular weight is 555 g/mol. The number of carbonyl (C=O) groups is 1. The van der Waals surface area contributed by atoms with E-state index < -0.39 is 0 Å². The molecule has 1 aliphatic carbocycles. The van der Waals surface area contributed by atoms with Crippen LogP contribution in [0.3, 0.4) is 0 Å². The fourth-order valence-corrected chi connectivity index (χ4v) is 5.53. The molecule has 2 saturated heterocycles. The van der Waals surface area contributed by atoms with Crippen LogP contribution in [0.5, 0.6) is 0 Å². The van der Waals surface area contributed by atoms with Crippen LogP contribution in [-0.2, 0) is 4.74 Å². The molecule has 2 fully saturated rings. The van der Waals surface area contributed by atoms with Crippen molar-refractivity contribution in [3.8, 4) is 0 Å². The smallest absolute Gasteiger partial charge is 0.254 e. The lowest BCUT2D eigenvalue weighted by atomic mass is 9.89. The number of carbonyl (C=O) groups excluding carboxylic acids is 1. The molecular formula is C36H43FN2O2. The van der Waals surface area contributed by atoms with Gasteiger partial charge < -0.3 is 14.5 Å². The van der Waals surface area contributed by atoms with E-state index in [1.165, 1.54) is 31.5 Å². The number of rotatable bonds is 4. The number of fused-ring (bicyclic) bond motifs is 1. The highest BCUT2D eigenvalue weighted by Gasteiger charge is 2.21. The summed E-state index contributed by atoms with van der Waals surface area (Å²) >= 11 is 0. The molecule has 41 heavy (non-hydrogen) atoms. The molecule has 0 saturated carbocycles. The first-order valence-corrected chi connectivity index (χ1v) is 14.9. The molecule has 0 unspecified atom stereocenters. The third-order valence-electron chi connectivity index (χ3n) is 7.99. The Hall–Kier alpha value is -3.70. The van der Waals surface area contributed by atoms with Gasteiger partial charge in [0.05, 0.1) is 7.11 Å². The van der Waals surface area contributed by atoms with Gasteiger partial charge in [-0.3, -0.25) is 4.79 Å². The monoisotopic (exact) mass is 554 g/mol. The third kappa shape index (κ3) is 8.89. The number of amides is 1. The van der Waals surface area contributed by atoms with Crippen molar-refractivity contribution >= 4 is 16.7 Å². The van der Waals surface area contributed by atoms with Crippen molar-refractivity contribution in [2.45, 2.75) is 44.9 Å². The quantitative estimate of drug-likeness (QED) is 0.326. The normalized spacial score (nSPS) is 17.1. The van der Waals surface area contributed by atoms with E-state index in [9.17, 15) is 9.18 Å². The topological polar surface area (TPSA) is 32.8 Å². The molecule has 4 nitrogen and oxygen atoms in total. The van der Waals surface area contributed by atoms with Gasteiger partial charge in [-0.25, -0.2) is 4.39 Å². The molecule has 1 amide bonds. The van der Waals surface area contributed by atoms with Crippen molar-refractivity contribution in [3.63, 3.8) is 0 Å². The first kappa shape index (κ1) is 30.3. The van der Waals surface area contributed by atoms with Crippen molar-refractivity contribution in [2.75, 3.05) is 39.8 Å². The molecule has 216 valence electrons. The number of methoxy groups -OCH3 is 1. The lowest BCUT2D eigenvalue weighted by molar-refractivity contribution is 0.0794. The second kappa shape index (κ2) is 15.9. The largest absolute Gasteiger partial charge is 0.497 e. The van der Waals surface area contributed by atoms with Gasteiger partial charge >= 0.3 is 0 Å². The Balaban J connectivity index is 0.000000149. The average Bonchev–Trinajstić information content (AvgIpc) is 3.44. The van der Waals surface area contributed by atoms with Gasteiger partial charge in [-0.1, -0.05) is 73.7 Å². The molecule has 2 aliphatic heterocycles. The lowest BCUT2D eigenvalue weighted by Gasteiger charge is -2.31. The van der Waals surface area contributed by atoms with E-state index >= 15 is 0 Å². The van der Waals surface area contributed by atoms with Gasteiger partial charge in [0, 0.05) is 18.7 Å². The molecule has 3 aromatic carbocycles. The van der Waals surface area contributed by atoms with Gasteiger partial charge in [-0.15, -0.1) is 0 Å². The molecule has 2 heterocycles. The molecule has 0 radical (unpaired) electrons. The van der Waals surface area contributed by atoms with E-state index in [0.29, 0.717) is 5.92 Å². The van der Waals surface area contributed by atoms with Crippen LogP contribution < -0.4 is 0 Å². The van der Waals surface area contributed by atoms with Crippen LogP contribution in [0.2, 0.25) is 0 Å². The first-order valence-electron chi connectivity index (χ1n) is 14.9. The number of likely N-dealkylation sites (tertiary alicyclic amines) is 2. The first-order chi connectivity index (χ1) is 20.1. The maximum absolute atomic E-state index is 12.8. The number of benzene rings is 3. The Morgan fingerprint density at radius 3 is 2.32 bits per heavy atom. The highest BCUT2D eigenvalue weighted by molar-refractivity contribution is 6.07. The summed E-state index contributed by atoms with van der Waals surface area (Å²) in [5.74, 6) is 1.62. The highest BCUT2D eigenvalue weighted by Crippen LogP contribution is 2.28. The summed E-state index contributed by atoms with van der Waals surface area (Å²) in [7, 11) is 1.68. The van der Waals surface area contributed by atoms with E-state index in [1.54, 1.807) is 19.2 Å². The molecular weight excluding hydrogens is 511 g/mol. The summed E-state index contributed by atoms with van der Waals surface area (Å²) in [6, 6.07) is 21.0. The number of hydrogen-bond acceptors (Lipinski definition) is 3. The van der Waals surface area contributed by atoms with E-state index in [-0.39, 0.29) is 11.7 Å². The maximum Gasteiger partial charge on any atom is 0.254 e. The molecule has 3 aromatic rings. The maximum atomic E-state index is 12.8. The zero-order valence-corrected chi connectivity index (χ0v) is 24.5. The number of piperidine rings is 1. The van der Waals surface area contributed by atoms with Crippen LogP contribution in [0.1, 0.15) is 60.9 Å². The second-order valence-electron chi connectivity index (χ2n) is 10.6. The number of hydrogen-bond donors (Lipinski definition) is 0. The Morgan fingerprint density at radius 1 is 0.902 bits per heavy atom. The summed E-state index contributed by atoms with van der Waals surface area (Å²) in [4.78, 5) is 16.8. The number of allylic oxidation sites excluding steroid dienone is 5. The second-order valence-corrected chi connectivity index (χ2v) is 10.6. The van der Waals surface area contributed by atoms with Gasteiger partial charge in [0.15, 0.2) is 0 Å². The van der Waals surface area contributed by atoms with Crippen LogP contribution in [-0.4, -0.2) is 55.5 Å². The van der Waals surface area contributed by atoms with Crippen molar-refractivity contribution in [3.05, 3.63) is 120 Å². The van der Waals surface area contributed by atoms with E-state index in [4.69, 9.17) is 4.74 Å². The van der Waals surface area contributed by atoms with Gasteiger partial charge in [-0.2, -0.15) is 0 Å². The van der Waals surface area contributed by atoms with Crippen LogP contribution in [0.4, 0.5) is 4.39 Å². The number of nitrogens with zero attached hydrogens (tertiary/aromatic N) is 2. The minimum Gasteiger partial charge on any atom is -0.497 e. The molecule has 0 aromatic heterocycles. The Bertz CT molecular complexity index is 1330. The van der Waals surface area contributed by atoms with Crippen molar-refractivity contribution in [1.29, 1.82) is 0 Å². The van der Waals surface area contributed by atoms with Crippen molar-refractivity contribution in [1.82, 2.24) is 9.80 Å². The molecule has 6 rings (SSSR count). The molecule has 0 spiro atoms. The fraction of sp³-hybridized carbons (Fsp3) is 0.361. The molecule has 5 heteroatoms. The molecule has 3 aliphatic rings. The standard InChI is InChI=1S/C15H15NO.C13H18FN.C8H10O/c17-15(16-10-3-4-11-16)14-9-5-7-12-6-1-2-8-13(12)14;1-2-15-9-7-12(8-10-15)11-3-5-13(14)6-4-11;1-9-8-6-4-2-3-5-7-8/h1-2,5-9H,3-4,10-11H2;3-6,12H,2,7-10H2,1H3;2-4,6-7H,5H2,1H3. The van der Waals surface area contributed by atoms with Gasteiger partial charge in [-0.05, 0) is 104 Å². The van der Waals surface area contributed by atoms with Gasteiger partial charge in [0.25, 0.3) is 5.91 Å². The van der Waals surface area contributed by atoms with Crippen LogP contribution >= 0.6 is 0 Å². The predicted molar refractivity (Wildman–Crippen MR) is 168 cm³/mol. The summed E-state index contributed by atoms with van der Waals surface area (Å²) in [6.07, 6.45) is 15.7. The molecule has 0 atom stereocenters. The van der Waals surface area contributed by atoms with E-state index in [0.717, 1.165) is 61.0 Å². The van der Waals surface area contributed by atoms with Gasteiger partial charge in [0.2, 0.25) is 0 Å². The van der Waals surface area contributed by atoms with Gasteiger partial charge in [0.1, 0.15) is 11.6 Å². The lowest BCUT2D eigenvalue weighted by Crippen LogP contribution is -2.32. The molecule has 0 N–H and O–H groups in total. The van der Waals surface area contributed by atoms with Crippen molar-refractivity contribution < 1.29 is 13.9 Å². The minimum atomic E-state index is -0.134.